The summed E-state index contributed by atoms with van der Waals surface area (Å²) in [6.45, 7) is 13.5. The van der Waals surface area contributed by atoms with Crippen molar-refractivity contribution < 1.29 is 19.1 Å². The smallest absolute Gasteiger partial charge is 0.411 e. The molecule has 2 aliphatic rings. The number of piperazine rings is 1. The second kappa shape index (κ2) is 15.7. The van der Waals surface area contributed by atoms with E-state index >= 15 is 0 Å². The SMILES string of the molecule is CCN(Cc1ccccc1Cl)C(=O)C1=C(c2ccc(CCOc3c(C)ccc(C)c3C)cc2)CC2CNC[C@H]1N2C(=O)OC(C)(C)C(Cl)(Cl)Cl. The lowest BCUT2D eigenvalue weighted by molar-refractivity contribution is -0.128. The molecule has 3 aromatic rings. The van der Waals surface area contributed by atoms with E-state index in [0.717, 1.165) is 45.6 Å². The van der Waals surface area contributed by atoms with Gasteiger partial charge in [0.05, 0.1) is 18.7 Å². The minimum atomic E-state index is -1.86. The van der Waals surface area contributed by atoms with Gasteiger partial charge in [0.2, 0.25) is 3.79 Å². The molecular formula is C39H45Cl4N3O4. The van der Waals surface area contributed by atoms with Crippen LogP contribution in [0, 0.1) is 20.8 Å². The highest BCUT2D eigenvalue weighted by molar-refractivity contribution is 6.68. The molecule has 1 N–H and O–H groups in total. The Hall–Kier alpha value is -2.94. The zero-order valence-electron chi connectivity index (χ0n) is 29.4. The van der Waals surface area contributed by atoms with Crippen LogP contribution in [0.5, 0.6) is 5.75 Å². The number of hydrogen-bond donors (Lipinski definition) is 1. The minimum Gasteiger partial charge on any atom is -0.493 e. The maximum absolute atomic E-state index is 14.7. The van der Waals surface area contributed by atoms with E-state index in [-0.39, 0.29) is 11.9 Å². The molecule has 1 saturated heterocycles. The molecule has 1 unspecified atom stereocenters. The molecule has 11 heteroatoms. The Morgan fingerprint density at radius 1 is 0.960 bits per heavy atom. The fraction of sp³-hybridized carbons (Fsp3) is 0.436. The molecule has 268 valence electrons. The number of nitrogens with one attached hydrogen (secondary N) is 1. The molecule has 3 aromatic carbocycles. The normalized spacial score (nSPS) is 17.8. The molecule has 0 aromatic heterocycles. The summed E-state index contributed by atoms with van der Waals surface area (Å²) < 4.78 is 10.2. The summed E-state index contributed by atoms with van der Waals surface area (Å²) in [5.41, 5.74) is 6.40. The molecule has 50 heavy (non-hydrogen) atoms. The maximum atomic E-state index is 14.7. The van der Waals surface area contributed by atoms with Crippen LogP contribution >= 0.6 is 46.4 Å². The highest BCUT2D eigenvalue weighted by Crippen LogP contribution is 2.43. The number of nitrogens with zero attached hydrogens (tertiary/aromatic N) is 2. The largest absolute Gasteiger partial charge is 0.493 e. The first-order valence-electron chi connectivity index (χ1n) is 17.0. The topological polar surface area (TPSA) is 71.1 Å². The number of halogens is 4. The number of likely N-dealkylation sites (N-methyl/N-ethyl adjacent to an activating group) is 1. The number of carbonyl (C=O) groups excluding carboxylic acids is 2. The Morgan fingerprint density at radius 3 is 2.30 bits per heavy atom. The van der Waals surface area contributed by atoms with Crippen molar-refractivity contribution >= 4 is 64.0 Å². The number of ether oxygens (including phenoxy) is 2. The average molecular weight is 762 g/mol. The number of carbonyl (C=O) groups is 2. The Balaban J connectivity index is 1.47. The molecular weight excluding hydrogens is 716 g/mol. The van der Waals surface area contributed by atoms with Gasteiger partial charge < -0.3 is 19.7 Å². The van der Waals surface area contributed by atoms with Crippen LogP contribution in [-0.2, 0) is 22.5 Å². The second-order valence-electron chi connectivity index (χ2n) is 13.6. The monoisotopic (exact) mass is 759 g/mol. The number of alkyl halides is 3. The van der Waals surface area contributed by atoms with E-state index in [1.165, 1.54) is 5.56 Å². The van der Waals surface area contributed by atoms with Gasteiger partial charge in [-0.3, -0.25) is 9.69 Å². The first kappa shape index (κ1) is 38.3. The van der Waals surface area contributed by atoms with Gasteiger partial charge in [0.25, 0.3) is 5.91 Å². The van der Waals surface area contributed by atoms with Crippen molar-refractivity contribution in [2.24, 2.45) is 0 Å². The summed E-state index contributed by atoms with van der Waals surface area (Å²) in [5, 5.41) is 4.01. The van der Waals surface area contributed by atoms with Gasteiger partial charge in [-0.15, -0.1) is 0 Å². The van der Waals surface area contributed by atoms with Crippen LogP contribution in [0.3, 0.4) is 0 Å². The lowest BCUT2D eigenvalue weighted by Gasteiger charge is -2.48. The van der Waals surface area contributed by atoms with Gasteiger partial charge in [-0.2, -0.15) is 0 Å². The number of amides is 2. The third-order valence-electron chi connectivity index (χ3n) is 9.81. The second-order valence-corrected chi connectivity index (χ2v) is 16.3. The molecule has 2 atom stereocenters. The first-order chi connectivity index (χ1) is 23.6. The summed E-state index contributed by atoms with van der Waals surface area (Å²) >= 11 is 25.1. The molecule has 0 radical (unpaired) electrons. The number of hydrogen-bond acceptors (Lipinski definition) is 5. The van der Waals surface area contributed by atoms with Gasteiger partial charge >= 0.3 is 6.09 Å². The average Bonchev–Trinajstić information content (AvgIpc) is 3.06. The van der Waals surface area contributed by atoms with Gasteiger partial charge in [-0.1, -0.05) is 101 Å². The van der Waals surface area contributed by atoms with Crippen molar-refractivity contribution in [2.45, 2.75) is 82.4 Å². The molecule has 2 bridgehead atoms. The quantitative estimate of drug-likeness (QED) is 0.209. The third kappa shape index (κ3) is 8.24. The fourth-order valence-corrected chi connectivity index (χ4v) is 6.88. The van der Waals surface area contributed by atoms with E-state index in [9.17, 15) is 9.59 Å². The maximum Gasteiger partial charge on any atom is 0.411 e. The van der Waals surface area contributed by atoms with Crippen molar-refractivity contribution in [3.8, 4) is 5.75 Å². The van der Waals surface area contributed by atoms with Crippen molar-refractivity contribution in [2.75, 3.05) is 26.2 Å². The van der Waals surface area contributed by atoms with E-state index in [2.05, 4.69) is 62.5 Å². The van der Waals surface area contributed by atoms with E-state index in [4.69, 9.17) is 55.9 Å². The number of aryl methyl sites for hydroxylation is 2. The highest BCUT2D eigenvalue weighted by Gasteiger charge is 2.50. The standard InChI is InChI=1S/C39H45Cl4N3O4/c1-7-45(23-29-10-8-9-11-32(29)40)36(47)34-31(20-30-21-44-22-33(34)46(30)37(48)50-38(5,6)39(41,42)43)28-16-14-27(15-17-28)18-19-49-35-25(3)13-12-24(2)26(35)4/h8-17,30,33,44H,7,18-23H2,1-6H3/t30?,33-/m1/s1. The molecule has 5 rings (SSSR count). The summed E-state index contributed by atoms with van der Waals surface area (Å²) in [6.07, 6.45) is 0.532. The molecule has 2 heterocycles. The number of fused-ring (bicyclic) bond motifs is 2. The first-order valence-corrected chi connectivity index (χ1v) is 18.5. The van der Waals surface area contributed by atoms with Gasteiger partial charge in [-0.25, -0.2) is 4.79 Å². The highest BCUT2D eigenvalue weighted by atomic mass is 35.6. The van der Waals surface area contributed by atoms with Crippen molar-refractivity contribution in [3.63, 3.8) is 0 Å². The van der Waals surface area contributed by atoms with Crippen LogP contribution in [0.4, 0.5) is 4.79 Å². The van der Waals surface area contributed by atoms with E-state index in [0.29, 0.717) is 49.8 Å². The molecule has 7 nitrogen and oxygen atoms in total. The Labute approximate surface area is 315 Å². The van der Waals surface area contributed by atoms with Crippen LogP contribution in [0.2, 0.25) is 5.02 Å². The zero-order valence-corrected chi connectivity index (χ0v) is 32.4. The van der Waals surface area contributed by atoms with Crippen molar-refractivity contribution in [3.05, 3.63) is 105 Å². The van der Waals surface area contributed by atoms with E-state index in [1.807, 2.05) is 31.2 Å². The molecule has 0 saturated carbocycles. The third-order valence-corrected chi connectivity index (χ3v) is 11.5. The summed E-state index contributed by atoms with van der Waals surface area (Å²) in [6, 6.07) is 19.1. The van der Waals surface area contributed by atoms with Gasteiger partial charge in [0.1, 0.15) is 5.75 Å². The molecule has 0 spiro atoms. The minimum absolute atomic E-state index is 0.172. The van der Waals surface area contributed by atoms with Crippen LogP contribution in [0.1, 0.15) is 60.6 Å². The number of rotatable bonds is 10. The van der Waals surface area contributed by atoms with Crippen LogP contribution in [0.15, 0.2) is 66.2 Å². The summed E-state index contributed by atoms with van der Waals surface area (Å²) in [7, 11) is 0. The van der Waals surface area contributed by atoms with Crippen LogP contribution < -0.4 is 10.1 Å². The van der Waals surface area contributed by atoms with Gasteiger partial charge in [-0.05, 0) is 93.0 Å². The Morgan fingerprint density at radius 2 is 1.64 bits per heavy atom. The van der Waals surface area contributed by atoms with Gasteiger partial charge in [0, 0.05) is 43.2 Å². The molecule has 0 aliphatic carbocycles. The Bertz CT molecular complexity index is 1750. The summed E-state index contributed by atoms with van der Waals surface area (Å²) in [5.74, 6) is 0.768. The zero-order chi connectivity index (χ0) is 36.4. The molecule has 2 aliphatic heterocycles. The van der Waals surface area contributed by atoms with Gasteiger partial charge in [0.15, 0.2) is 5.60 Å². The van der Waals surface area contributed by atoms with E-state index < -0.39 is 21.5 Å². The van der Waals surface area contributed by atoms with E-state index in [1.54, 1.807) is 23.6 Å². The van der Waals surface area contributed by atoms with Crippen LogP contribution in [0.25, 0.3) is 5.57 Å². The lowest BCUT2D eigenvalue weighted by atomic mass is 9.81. The Kier molecular flexibility index (Phi) is 12.1. The van der Waals surface area contributed by atoms with Crippen molar-refractivity contribution in [1.29, 1.82) is 0 Å². The molecule has 1 fully saturated rings. The van der Waals surface area contributed by atoms with Crippen molar-refractivity contribution in [1.82, 2.24) is 15.1 Å². The summed E-state index contributed by atoms with van der Waals surface area (Å²) in [4.78, 5) is 32.0. The number of benzene rings is 3. The van der Waals surface area contributed by atoms with Crippen LogP contribution in [-0.4, -0.2) is 69.5 Å². The lowest BCUT2D eigenvalue weighted by Crippen LogP contribution is -2.64. The fourth-order valence-electron chi connectivity index (χ4n) is 6.57. The predicted octanol–water partition coefficient (Wildman–Crippen LogP) is 9.02. The predicted molar refractivity (Wildman–Crippen MR) is 204 cm³/mol. The molecule has 2 amide bonds.